The molecule has 1 N–H and O–H groups in total. The zero-order chi connectivity index (χ0) is 21.6. The van der Waals surface area contributed by atoms with Gasteiger partial charge in [-0.05, 0) is 51.9 Å². The highest BCUT2D eigenvalue weighted by atomic mass is 127. The van der Waals surface area contributed by atoms with E-state index in [1.807, 2.05) is 23.3 Å². The molecule has 4 rings (SSSR count). The van der Waals surface area contributed by atoms with Crippen LogP contribution in [0.25, 0.3) is 0 Å². The molecule has 9 heteroatoms. The van der Waals surface area contributed by atoms with Crippen LogP contribution in [-0.2, 0) is 24.1 Å². The van der Waals surface area contributed by atoms with Crippen LogP contribution in [0.1, 0.15) is 54.6 Å². The fourth-order valence-electron chi connectivity index (χ4n) is 4.96. The second kappa shape index (κ2) is 12.5. The Hall–Kier alpha value is -0.940. The molecule has 1 amide bonds. The first-order valence-corrected chi connectivity index (χ1v) is 12.9. The van der Waals surface area contributed by atoms with Crippen molar-refractivity contribution in [1.82, 2.24) is 25.0 Å². The standard InChI is InChI=1S/C23H38N6OS.HI/c1-18(22(30)28-12-5-6-13-28)27-14-16-29(17-15-27)23(24-2)25-11-7-10-21-26-19-8-3-4-9-20(19)31-21;/h18H,3-17H2,1-2H3,(H,24,25);1H. The van der Waals surface area contributed by atoms with Crippen molar-refractivity contribution in [3.63, 3.8) is 0 Å². The lowest BCUT2D eigenvalue weighted by molar-refractivity contribution is -0.135. The molecule has 1 aromatic heterocycles. The number of thiazole rings is 1. The summed E-state index contributed by atoms with van der Waals surface area (Å²) in [5, 5.41) is 4.84. The predicted octanol–water partition coefficient (Wildman–Crippen LogP) is 2.78. The first-order valence-electron chi connectivity index (χ1n) is 12.1. The third-order valence-electron chi connectivity index (χ3n) is 6.89. The number of nitrogens with one attached hydrogen (secondary N) is 1. The van der Waals surface area contributed by atoms with Crippen molar-refractivity contribution in [3.05, 3.63) is 15.6 Å². The van der Waals surface area contributed by atoms with Crippen LogP contribution in [0.5, 0.6) is 0 Å². The molecule has 180 valence electrons. The van der Waals surface area contributed by atoms with E-state index in [1.54, 1.807) is 0 Å². The topological polar surface area (TPSA) is 64.1 Å². The van der Waals surface area contributed by atoms with E-state index in [9.17, 15) is 4.79 Å². The van der Waals surface area contributed by atoms with Gasteiger partial charge in [0.1, 0.15) is 0 Å². The van der Waals surface area contributed by atoms with Crippen molar-refractivity contribution >= 4 is 47.2 Å². The van der Waals surface area contributed by atoms with Gasteiger partial charge in [-0.15, -0.1) is 35.3 Å². The SMILES string of the molecule is CN=C(NCCCc1nc2c(s1)CCCC2)N1CCN(C(C)C(=O)N2CCCC2)CC1.I. The second-order valence-electron chi connectivity index (χ2n) is 8.99. The highest BCUT2D eigenvalue weighted by molar-refractivity contribution is 14.0. The first-order chi connectivity index (χ1) is 15.2. The third kappa shape index (κ3) is 6.34. The van der Waals surface area contributed by atoms with Crippen LogP contribution in [0.15, 0.2) is 4.99 Å². The number of carbonyl (C=O) groups excluding carboxylic acids is 1. The molecule has 7 nitrogen and oxygen atoms in total. The summed E-state index contributed by atoms with van der Waals surface area (Å²) in [7, 11) is 1.86. The lowest BCUT2D eigenvalue weighted by atomic mass is 10.0. The number of hydrogen-bond acceptors (Lipinski definition) is 5. The molecule has 1 aromatic rings. The maximum Gasteiger partial charge on any atom is 0.239 e. The number of aryl methyl sites for hydroxylation is 3. The van der Waals surface area contributed by atoms with Gasteiger partial charge in [-0.25, -0.2) is 4.98 Å². The van der Waals surface area contributed by atoms with Gasteiger partial charge in [-0.2, -0.15) is 0 Å². The van der Waals surface area contributed by atoms with E-state index in [2.05, 4.69) is 27.0 Å². The van der Waals surface area contributed by atoms with Gasteiger partial charge < -0.3 is 15.1 Å². The molecule has 0 bridgehead atoms. The number of guanidine groups is 1. The van der Waals surface area contributed by atoms with Gasteiger partial charge in [0.25, 0.3) is 0 Å². The number of aromatic nitrogens is 1. The number of hydrogen-bond donors (Lipinski definition) is 1. The number of piperazine rings is 1. The molecule has 0 spiro atoms. The van der Waals surface area contributed by atoms with Crippen molar-refractivity contribution in [2.45, 2.75) is 64.3 Å². The number of amides is 1. The molecule has 2 aliphatic heterocycles. The Balaban J connectivity index is 0.00000289. The number of likely N-dealkylation sites (tertiary alicyclic amines) is 1. The molecule has 0 radical (unpaired) electrons. The largest absolute Gasteiger partial charge is 0.356 e. The quantitative estimate of drug-likeness (QED) is 0.245. The van der Waals surface area contributed by atoms with E-state index in [-0.39, 0.29) is 30.0 Å². The van der Waals surface area contributed by atoms with Gasteiger partial charge >= 0.3 is 0 Å². The maximum atomic E-state index is 12.7. The summed E-state index contributed by atoms with van der Waals surface area (Å²) in [6.45, 7) is 8.50. The Morgan fingerprint density at radius 2 is 1.78 bits per heavy atom. The Kier molecular flexibility index (Phi) is 10.0. The van der Waals surface area contributed by atoms with Crippen LogP contribution in [0.4, 0.5) is 0 Å². The van der Waals surface area contributed by atoms with Crippen molar-refractivity contribution in [2.75, 3.05) is 52.9 Å². The Bertz CT molecular complexity index is 747. The van der Waals surface area contributed by atoms with Crippen LogP contribution < -0.4 is 5.32 Å². The molecule has 32 heavy (non-hydrogen) atoms. The summed E-state index contributed by atoms with van der Waals surface area (Å²) in [5.74, 6) is 1.29. The van der Waals surface area contributed by atoms with E-state index in [4.69, 9.17) is 4.98 Å². The second-order valence-corrected chi connectivity index (χ2v) is 10.2. The number of aliphatic imine (C=N–C) groups is 1. The molecule has 1 atom stereocenters. The van der Waals surface area contributed by atoms with E-state index >= 15 is 0 Å². The smallest absolute Gasteiger partial charge is 0.239 e. The molecule has 1 aliphatic carbocycles. The Labute approximate surface area is 214 Å². The number of carbonyl (C=O) groups is 1. The van der Waals surface area contributed by atoms with Crippen molar-refractivity contribution in [1.29, 1.82) is 0 Å². The average Bonchev–Trinajstić information content (AvgIpc) is 3.48. The highest BCUT2D eigenvalue weighted by Gasteiger charge is 2.30. The molecule has 2 saturated heterocycles. The molecular formula is C23H39IN6OS. The fraction of sp³-hybridized carbons (Fsp3) is 0.783. The maximum absolute atomic E-state index is 12.7. The molecule has 3 heterocycles. The average molecular weight is 575 g/mol. The zero-order valence-corrected chi connectivity index (χ0v) is 22.8. The first kappa shape index (κ1) is 25.7. The van der Waals surface area contributed by atoms with Crippen LogP contribution >= 0.6 is 35.3 Å². The molecular weight excluding hydrogens is 535 g/mol. The van der Waals surface area contributed by atoms with E-state index in [1.165, 1.54) is 41.3 Å². The van der Waals surface area contributed by atoms with Crippen molar-refractivity contribution in [3.8, 4) is 0 Å². The molecule has 0 saturated carbocycles. The monoisotopic (exact) mass is 574 g/mol. The van der Waals surface area contributed by atoms with E-state index in [0.29, 0.717) is 5.91 Å². The van der Waals surface area contributed by atoms with Crippen molar-refractivity contribution in [2.24, 2.45) is 4.99 Å². The van der Waals surface area contributed by atoms with Crippen LogP contribution in [0, 0.1) is 0 Å². The molecule has 2 fully saturated rings. The normalized spacial score (nSPS) is 20.6. The van der Waals surface area contributed by atoms with E-state index < -0.39 is 0 Å². The van der Waals surface area contributed by atoms with Gasteiger partial charge in [0, 0.05) is 64.2 Å². The van der Waals surface area contributed by atoms with Gasteiger partial charge in [0.15, 0.2) is 5.96 Å². The lowest BCUT2D eigenvalue weighted by Crippen LogP contribution is -2.57. The summed E-state index contributed by atoms with van der Waals surface area (Å²) >= 11 is 1.93. The van der Waals surface area contributed by atoms with Gasteiger partial charge in [0.05, 0.1) is 16.7 Å². The highest BCUT2D eigenvalue weighted by Crippen LogP contribution is 2.27. The number of nitrogens with zero attached hydrogens (tertiary/aromatic N) is 5. The molecule has 3 aliphatic rings. The fourth-order valence-corrected chi connectivity index (χ4v) is 6.16. The van der Waals surface area contributed by atoms with Crippen LogP contribution in [0.3, 0.4) is 0 Å². The van der Waals surface area contributed by atoms with Gasteiger partial charge in [0.2, 0.25) is 5.91 Å². The van der Waals surface area contributed by atoms with Crippen molar-refractivity contribution < 1.29 is 4.79 Å². The summed E-state index contributed by atoms with van der Waals surface area (Å²) in [4.78, 5) is 30.3. The number of halogens is 1. The third-order valence-corrected chi connectivity index (χ3v) is 8.11. The Morgan fingerprint density at radius 3 is 2.47 bits per heavy atom. The van der Waals surface area contributed by atoms with Crippen LogP contribution in [-0.4, -0.2) is 90.5 Å². The van der Waals surface area contributed by atoms with Crippen LogP contribution in [0.2, 0.25) is 0 Å². The minimum absolute atomic E-state index is 0. The number of rotatable bonds is 6. The Morgan fingerprint density at radius 1 is 1.06 bits per heavy atom. The summed E-state index contributed by atoms with van der Waals surface area (Å²) in [6, 6.07) is -0.0145. The number of fused-ring (bicyclic) bond motifs is 1. The molecule has 1 unspecified atom stereocenters. The molecule has 0 aromatic carbocycles. The minimum Gasteiger partial charge on any atom is -0.356 e. The summed E-state index contributed by atoms with van der Waals surface area (Å²) in [5.41, 5.74) is 1.37. The lowest BCUT2D eigenvalue weighted by Gasteiger charge is -2.39. The van der Waals surface area contributed by atoms with E-state index in [0.717, 1.165) is 77.5 Å². The summed E-state index contributed by atoms with van der Waals surface area (Å²) < 4.78 is 0. The zero-order valence-electron chi connectivity index (χ0n) is 19.6. The van der Waals surface area contributed by atoms with Gasteiger partial charge in [-0.1, -0.05) is 0 Å². The predicted molar refractivity (Wildman–Crippen MR) is 142 cm³/mol. The van der Waals surface area contributed by atoms with Gasteiger partial charge in [-0.3, -0.25) is 14.7 Å². The summed E-state index contributed by atoms with van der Waals surface area (Å²) in [6.07, 6.45) is 9.45. The minimum atomic E-state index is -0.0145.